The SMILES string of the molecule is COc1cc(C(=O)c2ccc(Br)s2)ccc1C. The number of rotatable bonds is 3. The van der Waals surface area contributed by atoms with Crippen molar-refractivity contribution >= 4 is 33.0 Å². The van der Waals surface area contributed by atoms with Crippen LogP contribution in [0.2, 0.25) is 0 Å². The minimum atomic E-state index is 0.0269. The second-order valence-corrected chi connectivity index (χ2v) is 6.08. The molecule has 0 amide bonds. The molecule has 88 valence electrons. The molecule has 2 nitrogen and oxygen atoms in total. The van der Waals surface area contributed by atoms with Crippen molar-refractivity contribution in [2.75, 3.05) is 7.11 Å². The van der Waals surface area contributed by atoms with Gasteiger partial charge in [0.05, 0.1) is 15.8 Å². The van der Waals surface area contributed by atoms with Gasteiger partial charge in [-0.3, -0.25) is 4.79 Å². The molecule has 17 heavy (non-hydrogen) atoms. The molecular weight excluding hydrogens is 300 g/mol. The Balaban J connectivity index is 2.37. The van der Waals surface area contributed by atoms with Crippen LogP contribution in [0.3, 0.4) is 0 Å². The summed E-state index contributed by atoms with van der Waals surface area (Å²) in [5, 5.41) is 0. The molecule has 0 saturated heterocycles. The number of carbonyl (C=O) groups is 1. The van der Waals surface area contributed by atoms with Crippen LogP contribution in [0, 0.1) is 6.92 Å². The number of halogens is 1. The molecule has 1 heterocycles. The lowest BCUT2D eigenvalue weighted by atomic mass is 10.1. The molecule has 2 aromatic rings. The van der Waals surface area contributed by atoms with E-state index >= 15 is 0 Å². The van der Waals surface area contributed by atoms with E-state index in [1.165, 1.54) is 11.3 Å². The van der Waals surface area contributed by atoms with E-state index in [0.717, 1.165) is 20.0 Å². The van der Waals surface area contributed by atoms with Gasteiger partial charge in [0.2, 0.25) is 5.78 Å². The highest BCUT2D eigenvalue weighted by Crippen LogP contribution is 2.26. The van der Waals surface area contributed by atoms with Gasteiger partial charge in [-0.1, -0.05) is 12.1 Å². The Morgan fingerprint density at radius 2 is 2.06 bits per heavy atom. The van der Waals surface area contributed by atoms with Gasteiger partial charge >= 0.3 is 0 Å². The maximum absolute atomic E-state index is 12.2. The van der Waals surface area contributed by atoms with E-state index < -0.39 is 0 Å². The Morgan fingerprint density at radius 1 is 1.29 bits per heavy atom. The zero-order valence-corrected chi connectivity index (χ0v) is 11.9. The van der Waals surface area contributed by atoms with Gasteiger partial charge in [0.25, 0.3) is 0 Å². The van der Waals surface area contributed by atoms with Gasteiger partial charge in [-0.15, -0.1) is 11.3 Å². The molecule has 1 aromatic carbocycles. The third-order valence-corrected chi connectivity index (χ3v) is 4.09. The van der Waals surface area contributed by atoms with Crippen LogP contribution in [-0.2, 0) is 0 Å². The fraction of sp³-hybridized carbons (Fsp3) is 0.154. The molecule has 0 aliphatic heterocycles. The minimum absolute atomic E-state index is 0.0269. The Morgan fingerprint density at radius 3 is 2.65 bits per heavy atom. The highest BCUT2D eigenvalue weighted by molar-refractivity contribution is 9.11. The standard InChI is InChI=1S/C13H11BrO2S/c1-8-3-4-9(7-10(8)16-2)13(15)11-5-6-12(14)17-11/h3-7H,1-2H3. The predicted octanol–water partition coefficient (Wildman–Crippen LogP) is 4.06. The largest absolute Gasteiger partial charge is 0.496 e. The first-order valence-corrected chi connectivity index (χ1v) is 6.67. The van der Waals surface area contributed by atoms with Gasteiger partial charge in [-0.2, -0.15) is 0 Å². The maximum atomic E-state index is 12.2. The van der Waals surface area contributed by atoms with E-state index in [1.54, 1.807) is 13.2 Å². The van der Waals surface area contributed by atoms with Crippen LogP contribution in [0.1, 0.15) is 20.8 Å². The monoisotopic (exact) mass is 310 g/mol. The number of thiophene rings is 1. The average molecular weight is 311 g/mol. The molecule has 0 atom stereocenters. The first kappa shape index (κ1) is 12.3. The van der Waals surface area contributed by atoms with Crippen molar-refractivity contribution < 1.29 is 9.53 Å². The van der Waals surface area contributed by atoms with E-state index in [4.69, 9.17) is 4.74 Å². The summed E-state index contributed by atoms with van der Waals surface area (Å²) in [4.78, 5) is 12.9. The fourth-order valence-corrected chi connectivity index (χ4v) is 2.89. The van der Waals surface area contributed by atoms with Crippen LogP contribution < -0.4 is 4.74 Å². The molecule has 0 aliphatic rings. The molecule has 0 spiro atoms. The van der Waals surface area contributed by atoms with Crippen molar-refractivity contribution in [1.82, 2.24) is 0 Å². The normalized spacial score (nSPS) is 10.3. The second kappa shape index (κ2) is 5.02. The predicted molar refractivity (Wildman–Crippen MR) is 73.2 cm³/mol. The lowest BCUT2D eigenvalue weighted by molar-refractivity contribution is 0.104. The van der Waals surface area contributed by atoms with Crippen molar-refractivity contribution in [1.29, 1.82) is 0 Å². The van der Waals surface area contributed by atoms with E-state index in [0.29, 0.717) is 5.56 Å². The van der Waals surface area contributed by atoms with E-state index in [1.807, 2.05) is 31.2 Å². The number of benzene rings is 1. The fourth-order valence-electron chi connectivity index (χ4n) is 1.54. The highest BCUT2D eigenvalue weighted by atomic mass is 79.9. The van der Waals surface area contributed by atoms with E-state index in [9.17, 15) is 4.79 Å². The number of ketones is 1. The molecule has 0 radical (unpaired) electrons. The molecule has 1 aromatic heterocycles. The summed E-state index contributed by atoms with van der Waals surface area (Å²) in [6, 6.07) is 9.21. The summed E-state index contributed by atoms with van der Waals surface area (Å²) in [6.07, 6.45) is 0. The van der Waals surface area contributed by atoms with Crippen LogP contribution in [-0.4, -0.2) is 12.9 Å². The first-order valence-electron chi connectivity index (χ1n) is 5.06. The third kappa shape index (κ3) is 2.58. The zero-order valence-electron chi connectivity index (χ0n) is 9.49. The van der Waals surface area contributed by atoms with Crippen molar-refractivity contribution in [3.63, 3.8) is 0 Å². The molecule has 4 heteroatoms. The second-order valence-electron chi connectivity index (χ2n) is 3.62. The molecule has 0 N–H and O–H groups in total. The molecular formula is C13H11BrO2S. The van der Waals surface area contributed by atoms with Gasteiger partial charge in [0.15, 0.2) is 0 Å². The van der Waals surface area contributed by atoms with E-state index in [-0.39, 0.29) is 5.78 Å². The Kier molecular flexibility index (Phi) is 3.64. The topological polar surface area (TPSA) is 26.3 Å². The molecule has 2 rings (SSSR count). The van der Waals surface area contributed by atoms with Crippen LogP contribution in [0.15, 0.2) is 34.1 Å². The summed E-state index contributed by atoms with van der Waals surface area (Å²) in [6.45, 7) is 1.95. The number of hydrogen-bond acceptors (Lipinski definition) is 3. The Bertz CT molecular complexity index is 560. The van der Waals surface area contributed by atoms with Crippen LogP contribution in [0.4, 0.5) is 0 Å². The lowest BCUT2D eigenvalue weighted by Gasteiger charge is -2.06. The highest BCUT2D eigenvalue weighted by Gasteiger charge is 2.12. The van der Waals surface area contributed by atoms with Gasteiger partial charge < -0.3 is 4.74 Å². The first-order chi connectivity index (χ1) is 8.11. The molecule has 0 bridgehead atoms. The van der Waals surface area contributed by atoms with E-state index in [2.05, 4.69) is 15.9 Å². The zero-order chi connectivity index (χ0) is 12.4. The van der Waals surface area contributed by atoms with Gasteiger partial charge in [-0.05, 0) is 46.6 Å². The number of carbonyl (C=O) groups excluding carboxylic acids is 1. The van der Waals surface area contributed by atoms with Crippen LogP contribution >= 0.6 is 27.3 Å². The maximum Gasteiger partial charge on any atom is 0.203 e. The molecule has 0 saturated carbocycles. The lowest BCUT2D eigenvalue weighted by Crippen LogP contribution is -1.99. The number of aryl methyl sites for hydroxylation is 1. The average Bonchev–Trinajstić information content (AvgIpc) is 2.75. The molecule has 0 fully saturated rings. The number of methoxy groups -OCH3 is 1. The smallest absolute Gasteiger partial charge is 0.203 e. The van der Waals surface area contributed by atoms with Gasteiger partial charge in [0, 0.05) is 5.56 Å². The molecule has 0 aliphatic carbocycles. The van der Waals surface area contributed by atoms with Crippen molar-refractivity contribution in [3.8, 4) is 5.75 Å². The van der Waals surface area contributed by atoms with Crippen LogP contribution in [0.25, 0.3) is 0 Å². The van der Waals surface area contributed by atoms with Crippen molar-refractivity contribution in [3.05, 3.63) is 50.1 Å². The summed E-state index contributed by atoms with van der Waals surface area (Å²) in [7, 11) is 1.61. The number of ether oxygens (including phenoxy) is 1. The van der Waals surface area contributed by atoms with Crippen LogP contribution in [0.5, 0.6) is 5.75 Å². The van der Waals surface area contributed by atoms with Crippen molar-refractivity contribution in [2.45, 2.75) is 6.92 Å². The van der Waals surface area contributed by atoms with Gasteiger partial charge in [0.1, 0.15) is 5.75 Å². The summed E-state index contributed by atoms with van der Waals surface area (Å²) < 4.78 is 6.18. The Hall–Kier alpha value is -1.13. The summed E-state index contributed by atoms with van der Waals surface area (Å²) >= 11 is 4.79. The van der Waals surface area contributed by atoms with Gasteiger partial charge in [-0.25, -0.2) is 0 Å². The Labute approximate surface area is 112 Å². The third-order valence-electron chi connectivity index (χ3n) is 2.47. The summed E-state index contributed by atoms with van der Waals surface area (Å²) in [5.74, 6) is 0.769. The quantitative estimate of drug-likeness (QED) is 0.799. The minimum Gasteiger partial charge on any atom is -0.496 e. The summed E-state index contributed by atoms with van der Waals surface area (Å²) in [5.41, 5.74) is 1.68. The molecule has 0 unspecified atom stereocenters. The van der Waals surface area contributed by atoms with Crippen molar-refractivity contribution in [2.24, 2.45) is 0 Å². The number of hydrogen-bond donors (Lipinski definition) is 0.